The monoisotopic (exact) mass is 287 g/mol. The molecule has 4 heteroatoms. The quantitative estimate of drug-likeness (QED) is 0.468. The fraction of sp³-hybridized carbons (Fsp3) is 0.938. The largest absolute Gasteiger partial charge is 0.465 e. The van der Waals surface area contributed by atoms with E-state index in [1.165, 1.54) is 6.42 Å². The minimum atomic E-state index is -0.664. The van der Waals surface area contributed by atoms with Gasteiger partial charge in [-0.3, -0.25) is 10.1 Å². The number of carbonyl (C=O) groups excluding carboxylic acids is 1. The summed E-state index contributed by atoms with van der Waals surface area (Å²) in [5.74, 6) is 0.519. The third-order valence-electron chi connectivity index (χ3n) is 3.15. The molecule has 1 unspecified atom stereocenters. The number of nitrogens with one attached hydrogen (secondary N) is 1. The van der Waals surface area contributed by atoms with Crippen LogP contribution in [0.4, 0.5) is 0 Å². The lowest BCUT2D eigenvalue weighted by atomic mass is 9.97. The Kier molecular flexibility index (Phi) is 9.86. The van der Waals surface area contributed by atoms with Crippen LogP contribution in [0.15, 0.2) is 0 Å². The Balaban J connectivity index is 4.13. The summed E-state index contributed by atoms with van der Waals surface area (Å²) in [5, 5.41) is 3.30. The van der Waals surface area contributed by atoms with Gasteiger partial charge in [0.15, 0.2) is 0 Å². The van der Waals surface area contributed by atoms with Gasteiger partial charge < -0.3 is 9.47 Å². The normalized spacial score (nSPS) is 14.6. The molecule has 0 saturated carbocycles. The summed E-state index contributed by atoms with van der Waals surface area (Å²) < 4.78 is 10.8. The molecule has 0 aliphatic heterocycles. The molecule has 20 heavy (non-hydrogen) atoms. The van der Waals surface area contributed by atoms with E-state index in [2.05, 4.69) is 19.2 Å². The third-order valence-corrected chi connectivity index (χ3v) is 3.15. The van der Waals surface area contributed by atoms with Crippen molar-refractivity contribution < 1.29 is 14.3 Å². The molecule has 0 aromatic carbocycles. The zero-order chi connectivity index (χ0) is 15.6. The molecule has 0 aromatic rings. The van der Waals surface area contributed by atoms with Crippen molar-refractivity contribution in [3.8, 4) is 0 Å². The van der Waals surface area contributed by atoms with Crippen LogP contribution in [0.2, 0.25) is 0 Å². The molecule has 0 heterocycles. The van der Waals surface area contributed by atoms with Crippen molar-refractivity contribution in [3.63, 3.8) is 0 Å². The zero-order valence-corrected chi connectivity index (χ0v) is 14.1. The van der Waals surface area contributed by atoms with E-state index in [1.54, 1.807) is 0 Å². The standard InChI is InChI=1S/C16H33NO3/c1-7-20-15(18)16(6,17-14(4)5)10-12-19-11-8-9-13(2)3/h13-14,17H,7-12H2,1-6H3. The first-order valence-corrected chi connectivity index (χ1v) is 7.84. The number of rotatable bonds is 11. The maximum atomic E-state index is 12.1. The predicted octanol–water partition coefficient (Wildman–Crippen LogP) is 3.15. The smallest absolute Gasteiger partial charge is 0.326 e. The molecular weight excluding hydrogens is 254 g/mol. The Morgan fingerprint density at radius 3 is 2.35 bits per heavy atom. The van der Waals surface area contributed by atoms with Crippen molar-refractivity contribution in [2.75, 3.05) is 19.8 Å². The second kappa shape index (κ2) is 10.2. The van der Waals surface area contributed by atoms with Crippen LogP contribution in [0.5, 0.6) is 0 Å². The average Bonchev–Trinajstić information content (AvgIpc) is 2.32. The molecule has 4 nitrogen and oxygen atoms in total. The van der Waals surface area contributed by atoms with Crippen LogP contribution in [-0.4, -0.2) is 37.4 Å². The van der Waals surface area contributed by atoms with Gasteiger partial charge in [-0.25, -0.2) is 0 Å². The van der Waals surface area contributed by atoms with Crippen LogP contribution in [0.3, 0.4) is 0 Å². The summed E-state index contributed by atoms with van der Waals surface area (Å²) in [6, 6.07) is 0.227. The van der Waals surface area contributed by atoms with E-state index >= 15 is 0 Å². The summed E-state index contributed by atoms with van der Waals surface area (Å²) in [7, 11) is 0. The van der Waals surface area contributed by atoms with Crippen molar-refractivity contribution in [1.82, 2.24) is 5.32 Å². The summed E-state index contributed by atoms with van der Waals surface area (Å²) in [6.45, 7) is 13.9. The van der Waals surface area contributed by atoms with E-state index in [0.29, 0.717) is 25.6 Å². The van der Waals surface area contributed by atoms with Crippen LogP contribution >= 0.6 is 0 Å². The lowest BCUT2D eigenvalue weighted by molar-refractivity contribution is -0.151. The second-order valence-corrected chi connectivity index (χ2v) is 6.25. The molecule has 0 saturated heterocycles. The lowest BCUT2D eigenvalue weighted by Gasteiger charge is -2.30. The molecule has 0 fully saturated rings. The number of carbonyl (C=O) groups is 1. The van der Waals surface area contributed by atoms with Crippen molar-refractivity contribution in [2.24, 2.45) is 5.92 Å². The molecule has 0 amide bonds. The fourth-order valence-corrected chi connectivity index (χ4v) is 2.13. The molecule has 0 radical (unpaired) electrons. The summed E-state index contributed by atoms with van der Waals surface area (Å²) in [6.07, 6.45) is 2.89. The van der Waals surface area contributed by atoms with Gasteiger partial charge in [0.05, 0.1) is 6.61 Å². The van der Waals surface area contributed by atoms with Crippen molar-refractivity contribution >= 4 is 5.97 Å². The number of esters is 1. The van der Waals surface area contributed by atoms with Gasteiger partial charge in [0, 0.05) is 19.3 Å². The number of hydrogen-bond donors (Lipinski definition) is 1. The molecular formula is C16H33NO3. The molecule has 0 rings (SSSR count). The van der Waals surface area contributed by atoms with Gasteiger partial charge in [0.1, 0.15) is 5.54 Å². The lowest BCUT2D eigenvalue weighted by Crippen LogP contribution is -2.53. The van der Waals surface area contributed by atoms with Crippen LogP contribution in [0.1, 0.15) is 60.8 Å². The topological polar surface area (TPSA) is 47.6 Å². The molecule has 0 aliphatic carbocycles. The Bertz CT molecular complexity index is 266. The van der Waals surface area contributed by atoms with Gasteiger partial charge in [-0.15, -0.1) is 0 Å². The molecule has 0 bridgehead atoms. The van der Waals surface area contributed by atoms with Gasteiger partial charge in [-0.2, -0.15) is 0 Å². The van der Waals surface area contributed by atoms with Gasteiger partial charge in [-0.05, 0) is 52.9 Å². The fourth-order valence-electron chi connectivity index (χ4n) is 2.13. The highest BCUT2D eigenvalue weighted by molar-refractivity contribution is 5.80. The summed E-state index contributed by atoms with van der Waals surface area (Å²) in [4.78, 5) is 12.1. The Morgan fingerprint density at radius 2 is 1.85 bits per heavy atom. The average molecular weight is 287 g/mol. The molecule has 1 atom stereocenters. The Labute approximate surface area is 124 Å². The summed E-state index contributed by atoms with van der Waals surface area (Å²) >= 11 is 0. The molecule has 0 aromatic heterocycles. The minimum Gasteiger partial charge on any atom is -0.465 e. The molecule has 0 spiro atoms. The maximum absolute atomic E-state index is 12.1. The molecule has 1 N–H and O–H groups in total. The molecule has 0 aliphatic rings. The second-order valence-electron chi connectivity index (χ2n) is 6.25. The van der Waals surface area contributed by atoms with E-state index in [1.807, 2.05) is 27.7 Å². The Hall–Kier alpha value is -0.610. The van der Waals surface area contributed by atoms with E-state index in [9.17, 15) is 4.79 Å². The van der Waals surface area contributed by atoms with Crippen LogP contribution in [-0.2, 0) is 14.3 Å². The van der Waals surface area contributed by atoms with E-state index in [4.69, 9.17) is 9.47 Å². The highest BCUT2D eigenvalue weighted by Crippen LogP contribution is 2.14. The van der Waals surface area contributed by atoms with Crippen molar-refractivity contribution in [3.05, 3.63) is 0 Å². The molecule has 120 valence electrons. The van der Waals surface area contributed by atoms with E-state index in [-0.39, 0.29) is 12.0 Å². The van der Waals surface area contributed by atoms with Crippen LogP contribution in [0, 0.1) is 5.92 Å². The van der Waals surface area contributed by atoms with Gasteiger partial charge in [-0.1, -0.05) is 13.8 Å². The van der Waals surface area contributed by atoms with Crippen LogP contribution in [0.25, 0.3) is 0 Å². The zero-order valence-electron chi connectivity index (χ0n) is 14.1. The van der Waals surface area contributed by atoms with Gasteiger partial charge >= 0.3 is 5.97 Å². The first kappa shape index (κ1) is 19.4. The minimum absolute atomic E-state index is 0.195. The number of ether oxygens (including phenoxy) is 2. The van der Waals surface area contributed by atoms with E-state index in [0.717, 1.165) is 13.0 Å². The number of hydrogen-bond acceptors (Lipinski definition) is 4. The highest BCUT2D eigenvalue weighted by atomic mass is 16.5. The summed E-state index contributed by atoms with van der Waals surface area (Å²) in [5.41, 5.74) is -0.664. The third kappa shape index (κ3) is 8.54. The van der Waals surface area contributed by atoms with Gasteiger partial charge in [0.25, 0.3) is 0 Å². The van der Waals surface area contributed by atoms with Crippen molar-refractivity contribution in [1.29, 1.82) is 0 Å². The Morgan fingerprint density at radius 1 is 1.20 bits per heavy atom. The maximum Gasteiger partial charge on any atom is 0.326 e. The van der Waals surface area contributed by atoms with Gasteiger partial charge in [0.2, 0.25) is 0 Å². The highest BCUT2D eigenvalue weighted by Gasteiger charge is 2.34. The first-order chi connectivity index (χ1) is 9.31. The van der Waals surface area contributed by atoms with E-state index < -0.39 is 5.54 Å². The van der Waals surface area contributed by atoms with Crippen molar-refractivity contribution in [2.45, 2.75) is 72.4 Å². The van der Waals surface area contributed by atoms with Crippen LogP contribution < -0.4 is 5.32 Å². The predicted molar refractivity (Wildman–Crippen MR) is 82.8 cm³/mol. The first-order valence-electron chi connectivity index (χ1n) is 7.84. The SMILES string of the molecule is CCOC(=O)C(C)(CCOCCCC(C)C)NC(C)C.